The van der Waals surface area contributed by atoms with Gasteiger partial charge in [0.1, 0.15) is 6.61 Å². The maximum Gasteiger partial charge on any atom is 0.336 e. The number of hydrogen-bond donors (Lipinski definition) is 0. The summed E-state index contributed by atoms with van der Waals surface area (Å²) in [6, 6.07) is 14.5. The Morgan fingerprint density at radius 1 is 0.957 bits per heavy atom. The molecule has 0 atom stereocenters. The summed E-state index contributed by atoms with van der Waals surface area (Å²) in [4.78, 5) is 11.5. The Bertz CT molecular complexity index is 868. The SMILES string of the molecule is COc1cc2ccc(=O)oc2c(OC)c1OCc1ccccc1. The molecule has 1 heterocycles. The number of fused-ring (bicyclic) bond motifs is 1. The summed E-state index contributed by atoms with van der Waals surface area (Å²) < 4.78 is 21.9. The van der Waals surface area contributed by atoms with Crippen molar-refractivity contribution < 1.29 is 18.6 Å². The average Bonchev–Trinajstić information content (AvgIpc) is 2.59. The summed E-state index contributed by atoms with van der Waals surface area (Å²) in [6.45, 7) is 0.343. The predicted molar refractivity (Wildman–Crippen MR) is 86.4 cm³/mol. The molecular formula is C18H16O5. The van der Waals surface area contributed by atoms with Crippen LogP contribution in [0, 0.1) is 0 Å². The highest BCUT2D eigenvalue weighted by atomic mass is 16.5. The molecule has 0 bridgehead atoms. The van der Waals surface area contributed by atoms with Crippen LogP contribution in [-0.2, 0) is 6.61 Å². The summed E-state index contributed by atoms with van der Waals surface area (Å²) >= 11 is 0. The molecule has 23 heavy (non-hydrogen) atoms. The molecule has 0 aliphatic heterocycles. The van der Waals surface area contributed by atoms with E-state index in [1.807, 2.05) is 30.3 Å². The van der Waals surface area contributed by atoms with Crippen molar-refractivity contribution in [2.75, 3.05) is 14.2 Å². The van der Waals surface area contributed by atoms with Crippen molar-refractivity contribution in [2.45, 2.75) is 6.61 Å². The molecule has 2 aromatic carbocycles. The third-order valence-corrected chi connectivity index (χ3v) is 3.44. The van der Waals surface area contributed by atoms with Crippen LogP contribution in [-0.4, -0.2) is 14.2 Å². The Hall–Kier alpha value is -2.95. The molecule has 0 saturated carbocycles. The van der Waals surface area contributed by atoms with Gasteiger partial charge in [-0.15, -0.1) is 0 Å². The van der Waals surface area contributed by atoms with Gasteiger partial charge in [0, 0.05) is 11.5 Å². The molecule has 0 saturated heterocycles. The van der Waals surface area contributed by atoms with Crippen molar-refractivity contribution in [2.24, 2.45) is 0 Å². The van der Waals surface area contributed by atoms with E-state index in [1.54, 1.807) is 19.2 Å². The summed E-state index contributed by atoms with van der Waals surface area (Å²) in [7, 11) is 3.05. The molecule has 0 fully saturated rings. The summed E-state index contributed by atoms with van der Waals surface area (Å²) in [5, 5.41) is 0.699. The molecule has 0 amide bonds. The molecule has 0 radical (unpaired) electrons. The van der Waals surface area contributed by atoms with Gasteiger partial charge in [-0.25, -0.2) is 4.79 Å². The second-order valence-electron chi connectivity index (χ2n) is 4.89. The second kappa shape index (κ2) is 6.44. The lowest BCUT2D eigenvalue weighted by atomic mass is 10.2. The number of rotatable bonds is 5. The number of hydrogen-bond acceptors (Lipinski definition) is 5. The third kappa shape index (κ3) is 2.99. The van der Waals surface area contributed by atoms with Crippen molar-refractivity contribution >= 4 is 11.0 Å². The number of methoxy groups -OCH3 is 2. The van der Waals surface area contributed by atoms with E-state index in [9.17, 15) is 4.79 Å². The second-order valence-corrected chi connectivity index (χ2v) is 4.89. The fourth-order valence-corrected chi connectivity index (χ4v) is 2.34. The molecule has 3 rings (SSSR count). The van der Waals surface area contributed by atoms with Crippen molar-refractivity contribution in [1.82, 2.24) is 0 Å². The Balaban J connectivity index is 2.08. The number of ether oxygens (including phenoxy) is 3. The van der Waals surface area contributed by atoms with Crippen LogP contribution in [0.1, 0.15) is 5.56 Å². The van der Waals surface area contributed by atoms with Crippen LogP contribution in [0.2, 0.25) is 0 Å². The maximum atomic E-state index is 11.5. The molecule has 0 unspecified atom stereocenters. The lowest BCUT2D eigenvalue weighted by molar-refractivity contribution is 0.265. The van der Waals surface area contributed by atoms with Gasteiger partial charge in [0.05, 0.1) is 14.2 Å². The molecule has 5 nitrogen and oxygen atoms in total. The van der Waals surface area contributed by atoms with Gasteiger partial charge < -0.3 is 18.6 Å². The normalized spacial score (nSPS) is 10.5. The smallest absolute Gasteiger partial charge is 0.336 e. The van der Waals surface area contributed by atoms with Gasteiger partial charge in [0.25, 0.3) is 0 Å². The molecule has 118 valence electrons. The molecular weight excluding hydrogens is 296 g/mol. The minimum atomic E-state index is -0.449. The Morgan fingerprint density at radius 3 is 2.43 bits per heavy atom. The lowest BCUT2D eigenvalue weighted by Crippen LogP contribution is -2.02. The van der Waals surface area contributed by atoms with Gasteiger partial charge >= 0.3 is 5.63 Å². The van der Waals surface area contributed by atoms with E-state index in [0.717, 1.165) is 5.56 Å². The third-order valence-electron chi connectivity index (χ3n) is 3.44. The van der Waals surface area contributed by atoms with Gasteiger partial charge in [-0.3, -0.25) is 0 Å². The van der Waals surface area contributed by atoms with E-state index < -0.39 is 5.63 Å². The molecule has 0 spiro atoms. The molecule has 0 aliphatic rings. The van der Waals surface area contributed by atoms with Crippen molar-refractivity contribution in [3.05, 3.63) is 64.5 Å². The van der Waals surface area contributed by atoms with Crippen molar-refractivity contribution in [1.29, 1.82) is 0 Å². The first-order valence-electron chi connectivity index (χ1n) is 7.08. The van der Waals surface area contributed by atoms with E-state index in [-0.39, 0.29) is 0 Å². The van der Waals surface area contributed by atoms with E-state index in [2.05, 4.69) is 0 Å². The van der Waals surface area contributed by atoms with E-state index >= 15 is 0 Å². The highest BCUT2D eigenvalue weighted by molar-refractivity contribution is 5.88. The fourth-order valence-electron chi connectivity index (χ4n) is 2.34. The Morgan fingerprint density at radius 2 is 1.74 bits per heavy atom. The maximum absolute atomic E-state index is 11.5. The predicted octanol–water partition coefficient (Wildman–Crippen LogP) is 3.39. The van der Waals surface area contributed by atoms with Crippen LogP contribution in [0.15, 0.2) is 57.7 Å². The van der Waals surface area contributed by atoms with E-state index in [1.165, 1.54) is 13.2 Å². The molecule has 5 heteroatoms. The molecule has 0 N–H and O–H groups in total. The van der Waals surface area contributed by atoms with Gasteiger partial charge in [-0.1, -0.05) is 30.3 Å². The first-order chi connectivity index (χ1) is 11.2. The molecule has 1 aromatic heterocycles. The van der Waals surface area contributed by atoms with Crippen molar-refractivity contribution in [3.63, 3.8) is 0 Å². The Labute approximate surface area is 133 Å². The quantitative estimate of drug-likeness (QED) is 0.676. The largest absolute Gasteiger partial charge is 0.493 e. The highest BCUT2D eigenvalue weighted by Gasteiger charge is 2.19. The van der Waals surface area contributed by atoms with Crippen LogP contribution in [0.25, 0.3) is 11.0 Å². The minimum absolute atomic E-state index is 0.337. The van der Waals surface area contributed by atoms with Gasteiger partial charge in [-0.05, 0) is 17.7 Å². The van der Waals surface area contributed by atoms with Crippen LogP contribution < -0.4 is 19.8 Å². The lowest BCUT2D eigenvalue weighted by Gasteiger charge is -2.15. The molecule has 3 aromatic rings. The zero-order valence-corrected chi connectivity index (χ0v) is 12.9. The zero-order valence-electron chi connectivity index (χ0n) is 12.9. The first kappa shape index (κ1) is 15.0. The Kier molecular flexibility index (Phi) is 4.19. The minimum Gasteiger partial charge on any atom is -0.493 e. The monoisotopic (exact) mass is 312 g/mol. The highest BCUT2D eigenvalue weighted by Crippen LogP contribution is 2.43. The standard InChI is InChI=1S/C18H16O5/c1-20-14-10-13-8-9-15(19)23-16(13)18(21-2)17(14)22-11-12-6-4-3-5-7-12/h3-10H,11H2,1-2H3. The van der Waals surface area contributed by atoms with Crippen LogP contribution in [0.4, 0.5) is 0 Å². The van der Waals surface area contributed by atoms with Crippen LogP contribution in [0.5, 0.6) is 17.2 Å². The zero-order chi connectivity index (χ0) is 16.2. The van der Waals surface area contributed by atoms with Crippen LogP contribution in [0.3, 0.4) is 0 Å². The average molecular weight is 312 g/mol. The number of benzene rings is 2. The topological polar surface area (TPSA) is 57.9 Å². The van der Waals surface area contributed by atoms with Gasteiger partial charge in [0.15, 0.2) is 11.3 Å². The molecule has 0 aliphatic carbocycles. The summed E-state index contributed by atoms with van der Waals surface area (Å²) in [5.74, 6) is 1.26. The fraction of sp³-hybridized carbons (Fsp3) is 0.167. The first-order valence-corrected chi connectivity index (χ1v) is 7.08. The summed E-state index contributed by atoms with van der Waals surface area (Å²) in [6.07, 6.45) is 0. The summed E-state index contributed by atoms with van der Waals surface area (Å²) in [5.41, 5.74) is 0.894. The van der Waals surface area contributed by atoms with E-state index in [0.29, 0.717) is 34.8 Å². The van der Waals surface area contributed by atoms with Crippen LogP contribution >= 0.6 is 0 Å². The van der Waals surface area contributed by atoms with Gasteiger partial charge in [-0.2, -0.15) is 0 Å². The van der Waals surface area contributed by atoms with Gasteiger partial charge in [0.2, 0.25) is 11.5 Å². The van der Waals surface area contributed by atoms with Crippen molar-refractivity contribution in [3.8, 4) is 17.2 Å². The van der Waals surface area contributed by atoms with E-state index in [4.69, 9.17) is 18.6 Å².